The van der Waals surface area contributed by atoms with E-state index >= 15 is 0 Å². The van der Waals surface area contributed by atoms with Crippen LogP contribution in [0.25, 0.3) is 0 Å². The Morgan fingerprint density at radius 1 is 1.56 bits per heavy atom. The number of hydrogen-bond acceptors (Lipinski definition) is 2. The smallest absolute Gasteiger partial charge is 0.254 e. The molecule has 0 aliphatic carbocycles. The monoisotopic (exact) mass is 332 g/mol. The highest BCUT2D eigenvalue weighted by molar-refractivity contribution is 9.10. The number of aromatic nitrogens is 1. The summed E-state index contributed by atoms with van der Waals surface area (Å²) in [5.41, 5.74) is 0.437. The van der Waals surface area contributed by atoms with Gasteiger partial charge in [-0.1, -0.05) is 39.3 Å². The minimum absolute atomic E-state index is 0.0432. The van der Waals surface area contributed by atoms with Crippen LogP contribution < -0.4 is 5.32 Å². The second-order valence-corrected chi connectivity index (χ2v) is 6.59. The minimum atomic E-state index is -0.192. The molecule has 0 atom stereocenters. The van der Waals surface area contributed by atoms with E-state index in [1.807, 2.05) is 0 Å². The lowest BCUT2D eigenvalue weighted by atomic mass is 9.81. The highest BCUT2D eigenvalue weighted by Crippen LogP contribution is 2.25. The van der Waals surface area contributed by atoms with E-state index in [0.29, 0.717) is 18.0 Å². The third kappa shape index (κ3) is 3.95. The molecule has 0 saturated carbocycles. The second-order valence-electron chi connectivity index (χ2n) is 5.32. The van der Waals surface area contributed by atoms with Crippen molar-refractivity contribution in [3.05, 3.63) is 27.5 Å². The topological polar surface area (TPSA) is 42.0 Å². The molecule has 0 spiro atoms. The van der Waals surface area contributed by atoms with E-state index in [0.717, 1.165) is 4.47 Å². The molecule has 5 heteroatoms. The number of nitrogens with zero attached hydrogens (tertiary/aromatic N) is 1. The molecular formula is C13H18BrClN2O. The van der Waals surface area contributed by atoms with Crippen molar-refractivity contribution >= 4 is 33.4 Å². The normalized spacial score (nSPS) is 11.7. The molecule has 0 bridgehead atoms. The van der Waals surface area contributed by atoms with E-state index in [9.17, 15) is 4.79 Å². The molecule has 3 nitrogen and oxygen atoms in total. The van der Waals surface area contributed by atoms with Gasteiger partial charge in [-0.3, -0.25) is 4.79 Å². The number of rotatable bonds is 4. The van der Waals surface area contributed by atoms with Gasteiger partial charge < -0.3 is 5.32 Å². The van der Waals surface area contributed by atoms with Crippen LogP contribution in [0.15, 0.2) is 16.7 Å². The maximum atomic E-state index is 12.0. The largest absolute Gasteiger partial charge is 0.351 e. The van der Waals surface area contributed by atoms with Gasteiger partial charge >= 0.3 is 0 Å². The number of halogens is 2. The average molecular weight is 334 g/mol. The molecule has 100 valence electrons. The van der Waals surface area contributed by atoms with Crippen LogP contribution in [0, 0.1) is 11.3 Å². The molecule has 0 aliphatic heterocycles. The average Bonchev–Trinajstić information content (AvgIpc) is 2.29. The van der Waals surface area contributed by atoms with E-state index in [1.165, 1.54) is 0 Å². The van der Waals surface area contributed by atoms with Crippen molar-refractivity contribution in [1.29, 1.82) is 0 Å². The van der Waals surface area contributed by atoms with Crippen LogP contribution >= 0.6 is 27.5 Å². The Morgan fingerprint density at radius 2 is 2.17 bits per heavy atom. The van der Waals surface area contributed by atoms with Crippen LogP contribution in [-0.2, 0) is 0 Å². The summed E-state index contributed by atoms with van der Waals surface area (Å²) < 4.78 is 0.736. The van der Waals surface area contributed by atoms with Crippen molar-refractivity contribution in [2.45, 2.75) is 27.7 Å². The number of carbonyl (C=O) groups excluding carboxylic acids is 1. The van der Waals surface area contributed by atoms with Gasteiger partial charge in [-0.05, 0) is 33.3 Å². The van der Waals surface area contributed by atoms with Gasteiger partial charge in [-0.2, -0.15) is 0 Å². The number of pyridine rings is 1. The first-order valence-corrected chi connectivity index (χ1v) is 7.00. The van der Waals surface area contributed by atoms with Crippen LogP contribution in [0.2, 0.25) is 5.15 Å². The van der Waals surface area contributed by atoms with Gasteiger partial charge in [-0.25, -0.2) is 4.98 Å². The number of nitrogens with one attached hydrogen (secondary N) is 1. The van der Waals surface area contributed by atoms with Gasteiger partial charge in [0.05, 0.1) is 5.56 Å². The number of amides is 1. The quantitative estimate of drug-likeness (QED) is 0.849. The van der Waals surface area contributed by atoms with Gasteiger partial charge in [0.2, 0.25) is 0 Å². The lowest BCUT2D eigenvalue weighted by Gasteiger charge is -2.29. The van der Waals surface area contributed by atoms with E-state index < -0.39 is 0 Å². The standard InChI is InChI=1S/C13H18BrClN2O/c1-8(2)13(3,4)7-17-12(18)10-5-9(14)6-16-11(10)15/h5-6,8H,7H2,1-4H3,(H,17,18). The summed E-state index contributed by atoms with van der Waals surface area (Å²) in [7, 11) is 0. The van der Waals surface area contributed by atoms with Crippen molar-refractivity contribution < 1.29 is 4.79 Å². The Kier molecular flexibility index (Phi) is 5.17. The lowest BCUT2D eigenvalue weighted by molar-refractivity contribution is 0.0924. The van der Waals surface area contributed by atoms with Crippen molar-refractivity contribution in [3.8, 4) is 0 Å². The maximum absolute atomic E-state index is 12.0. The number of carbonyl (C=O) groups is 1. The Morgan fingerprint density at radius 3 is 2.72 bits per heavy atom. The SMILES string of the molecule is CC(C)C(C)(C)CNC(=O)c1cc(Br)cnc1Cl. The molecule has 1 N–H and O–H groups in total. The molecule has 0 aliphatic rings. The Balaban J connectivity index is 2.75. The molecule has 1 aromatic rings. The zero-order valence-corrected chi connectivity index (χ0v) is 13.4. The molecule has 1 rings (SSSR count). The first-order valence-electron chi connectivity index (χ1n) is 5.83. The van der Waals surface area contributed by atoms with Crippen LogP contribution in [-0.4, -0.2) is 17.4 Å². The van der Waals surface area contributed by atoms with Gasteiger partial charge in [0.1, 0.15) is 5.15 Å². The molecule has 0 fully saturated rings. The first kappa shape index (κ1) is 15.4. The number of hydrogen-bond donors (Lipinski definition) is 1. The Labute approximate surface area is 121 Å². The summed E-state index contributed by atoms with van der Waals surface area (Å²) in [6.07, 6.45) is 1.57. The lowest BCUT2D eigenvalue weighted by Crippen LogP contribution is -2.37. The fourth-order valence-electron chi connectivity index (χ4n) is 1.19. The highest BCUT2D eigenvalue weighted by atomic mass is 79.9. The van der Waals surface area contributed by atoms with Crippen molar-refractivity contribution in [1.82, 2.24) is 10.3 Å². The summed E-state index contributed by atoms with van der Waals surface area (Å²) in [4.78, 5) is 16.0. The van der Waals surface area contributed by atoms with Crippen molar-refractivity contribution in [3.63, 3.8) is 0 Å². The van der Waals surface area contributed by atoms with E-state index in [-0.39, 0.29) is 16.5 Å². The predicted octanol–water partition coefficient (Wildman–Crippen LogP) is 3.91. The van der Waals surface area contributed by atoms with Gasteiger partial charge in [0, 0.05) is 17.2 Å². The molecule has 1 aromatic heterocycles. The molecule has 0 saturated heterocycles. The zero-order valence-electron chi connectivity index (χ0n) is 11.1. The highest BCUT2D eigenvalue weighted by Gasteiger charge is 2.23. The third-order valence-corrected chi connectivity index (χ3v) is 4.05. The Bertz CT molecular complexity index is 447. The molecule has 0 radical (unpaired) electrons. The summed E-state index contributed by atoms with van der Waals surface area (Å²) in [5, 5.41) is 3.12. The molecule has 0 unspecified atom stereocenters. The molecule has 1 amide bonds. The minimum Gasteiger partial charge on any atom is -0.351 e. The van der Waals surface area contributed by atoms with Crippen molar-refractivity contribution in [2.75, 3.05) is 6.54 Å². The first-order chi connectivity index (χ1) is 8.24. The second kappa shape index (κ2) is 6.02. The molecule has 18 heavy (non-hydrogen) atoms. The Hall–Kier alpha value is -0.610. The summed E-state index contributed by atoms with van der Waals surface area (Å²) in [6.45, 7) is 9.13. The summed E-state index contributed by atoms with van der Waals surface area (Å²) in [6, 6.07) is 1.67. The van der Waals surface area contributed by atoms with Gasteiger partial charge in [0.15, 0.2) is 0 Å². The van der Waals surface area contributed by atoms with Crippen molar-refractivity contribution in [2.24, 2.45) is 11.3 Å². The molecule has 1 heterocycles. The molecular weight excluding hydrogens is 316 g/mol. The summed E-state index contributed by atoms with van der Waals surface area (Å²) >= 11 is 9.19. The van der Waals surface area contributed by atoms with Gasteiger partial charge in [0.25, 0.3) is 5.91 Å². The maximum Gasteiger partial charge on any atom is 0.254 e. The van der Waals surface area contributed by atoms with E-state index in [2.05, 4.69) is 53.9 Å². The predicted molar refractivity (Wildman–Crippen MR) is 77.9 cm³/mol. The van der Waals surface area contributed by atoms with Crippen LogP contribution in [0.3, 0.4) is 0 Å². The van der Waals surface area contributed by atoms with Gasteiger partial charge in [-0.15, -0.1) is 0 Å². The zero-order chi connectivity index (χ0) is 13.9. The van der Waals surface area contributed by atoms with Crippen LogP contribution in [0.4, 0.5) is 0 Å². The summed E-state index contributed by atoms with van der Waals surface area (Å²) in [5.74, 6) is 0.288. The van der Waals surface area contributed by atoms with Crippen LogP contribution in [0.5, 0.6) is 0 Å². The van der Waals surface area contributed by atoms with Crippen LogP contribution in [0.1, 0.15) is 38.1 Å². The fourth-order valence-corrected chi connectivity index (χ4v) is 1.71. The van der Waals surface area contributed by atoms with E-state index in [1.54, 1.807) is 12.3 Å². The van der Waals surface area contributed by atoms with E-state index in [4.69, 9.17) is 11.6 Å². The third-order valence-electron chi connectivity index (χ3n) is 3.32. The molecule has 0 aromatic carbocycles. The fraction of sp³-hybridized carbons (Fsp3) is 0.538.